The molecule has 0 N–H and O–H groups in total. The van der Waals surface area contributed by atoms with Crippen molar-refractivity contribution in [1.29, 1.82) is 0 Å². The number of amides is 1. The Bertz CT molecular complexity index is 291. The number of hydrogen-bond acceptors (Lipinski definition) is 1. The van der Waals surface area contributed by atoms with E-state index in [1.54, 1.807) is 0 Å². The van der Waals surface area contributed by atoms with Gasteiger partial charge in [-0.05, 0) is 43.9 Å². The first kappa shape index (κ1) is 12.0. The lowest BCUT2D eigenvalue weighted by Gasteiger charge is -2.37. The van der Waals surface area contributed by atoms with E-state index in [0.29, 0.717) is 17.9 Å². The van der Waals surface area contributed by atoms with Gasteiger partial charge in [0.2, 0.25) is 5.91 Å². The lowest BCUT2D eigenvalue weighted by molar-refractivity contribution is -0.136. The maximum Gasteiger partial charge on any atom is 0.226 e. The summed E-state index contributed by atoms with van der Waals surface area (Å²) in [4.78, 5) is 14.8. The lowest BCUT2D eigenvalue weighted by Crippen LogP contribution is -2.46. The van der Waals surface area contributed by atoms with Crippen LogP contribution in [0.25, 0.3) is 0 Å². The van der Waals surface area contributed by atoms with Crippen molar-refractivity contribution in [2.75, 3.05) is 11.9 Å². The number of nitrogens with zero attached hydrogens (tertiary/aromatic N) is 1. The van der Waals surface area contributed by atoms with Crippen molar-refractivity contribution < 1.29 is 4.79 Å². The standard InChI is InChI=1S/C14H22BrNO/c15-8-9-16(10-4-3-5-10)14(17)13-11-6-1-2-7-12(11)13/h10-13H,1-9H2. The van der Waals surface area contributed by atoms with Gasteiger partial charge in [0.1, 0.15) is 0 Å². The molecule has 3 fully saturated rings. The summed E-state index contributed by atoms with van der Waals surface area (Å²) in [5.41, 5.74) is 0. The van der Waals surface area contributed by atoms with Gasteiger partial charge >= 0.3 is 0 Å². The number of alkyl halides is 1. The van der Waals surface area contributed by atoms with Crippen LogP contribution in [0.1, 0.15) is 44.9 Å². The SMILES string of the molecule is O=C(C1C2CCCCC21)N(CCBr)C1CCC1. The van der Waals surface area contributed by atoms with Crippen molar-refractivity contribution in [2.24, 2.45) is 17.8 Å². The Labute approximate surface area is 112 Å². The minimum absolute atomic E-state index is 0.414. The second kappa shape index (κ2) is 4.91. The minimum atomic E-state index is 0.414. The monoisotopic (exact) mass is 299 g/mol. The Balaban J connectivity index is 1.63. The summed E-state index contributed by atoms with van der Waals surface area (Å²) in [5.74, 6) is 2.42. The quantitative estimate of drug-likeness (QED) is 0.730. The van der Waals surface area contributed by atoms with E-state index in [0.717, 1.165) is 23.7 Å². The highest BCUT2D eigenvalue weighted by molar-refractivity contribution is 9.09. The van der Waals surface area contributed by atoms with Crippen LogP contribution in [0, 0.1) is 17.8 Å². The Morgan fingerprint density at radius 2 is 1.71 bits per heavy atom. The molecule has 3 saturated carbocycles. The highest BCUT2D eigenvalue weighted by Crippen LogP contribution is 2.56. The van der Waals surface area contributed by atoms with Gasteiger partial charge < -0.3 is 4.90 Å². The van der Waals surface area contributed by atoms with Crippen LogP contribution in [-0.2, 0) is 4.79 Å². The number of halogens is 1. The molecular formula is C14H22BrNO. The zero-order chi connectivity index (χ0) is 11.8. The molecule has 0 aliphatic heterocycles. The summed E-state index contributed by atoms with van der Waals surface area (Å²) < 4.78 is 0. The summed E-state index contributed by atoms with van der Waals surface area (Å²) in [7, 11) is 0. The maximum atomic E-state index is 12.6. The molecule has 2 unspecified atom stereocenters. The molecule has 3 aliphatic rings. The number of carbonyl (C=O) groups is 1. The molecule has 0 aromatic heterocycles. The highest BCUT2D eigenvalue weighted by Gasteiger charge is 2.56. The number of rotatable bonds is 4. The second-order valence-electron chi connectivity index (χ2n) is 5.94. The third-order valence-electron chi connectivity index (χ3n) is 5.07. The van der Waals surface area contributed by atoms with E-state index in [-0.39, 0.29) is 0 Å². The Morgan fingerprint density at radius 3 is 2.18 bits per heavy atom. The van der Waals surface area contributed by atoms with Gasteiger partial charge in [0.15, 0.2) is 0 Å². The van der Waals surface area contributed by atoms with Crippen molar-refractivity contribution in [3.05, 3.63) is 0 Å². The average Bonchev–Trinajstić information content (AvgIpc) is 2.99. The molecule has 0 heterocycles. The Morgan fingerprint density at radius 1 is 1.06 bits per heavy atom. The molecule has 96 valence electrons. The topological polar surface area (TPSA) is 20.3 Å². The molecule has 1 amide bonds. The Kier molecular flexibility index (Phi) is 3.47. The fraction of sp³-hybridized carbons (Fsp3) is 0.929. The summed E-state index contributed by atoms with van der Waals surface area (Å²) >= 11 is 3.49. The molecule has 0 bridgehead atoms. The van der Waals surface area contributed by atoms with Crippen molar-refractivity contribution >= 4 is 21.8 Å². The van der Waals surface area contributed by atoms with Crippen molar-refractivity contribution in [1.82, 2.24) is 4.90 Å². The largest absolute Gasteiger partial charge is 0.339 e. The summed E-state index contributed by atoms with van der Waals surface area (Å²) in [6, 6.07) is 0.572. The van der Waals surface area contributed by atoms with Gasteiger partial charge in [-0.2, -0.15) is 0 Å². The van der Waals surface area contributed by atoms with Gasteiger partial charge in [-0.25, -0.2) is 0 Å². The van der Waals surface area contributed by atoms with Crippen molar-refractivity contribution in [2.45, 2.75) is 51.0 Å². The summed E-state index contributed by atoms with van der Waals surface area (Å²) in [6.45, 7) is 0.916. The maximum absolute atomic E-state index is 12.6. The van der Waals surface area contributed by atoms with Gasteiger partial charge in [0.05, 0.1) is 0 Å². The van der Waals surface area contributed by atoms with Crippen LogP contribution in [-0.4, -0.2) is 28.7 Å². The van der Waals surface area contributed by atoms with Crippen LogP contribution in [0.3, 0.4) is 0 Å². The van der Waals surface area contributed by atoms with Crippen molar-refractivity contribution in [3.8, 4) is 0 Å². The molecule has 3 aliphatic carbocycles. The van der Waals surface area contributed by atoms with Crippen LogP contribution in [0.15, 0.2) is 0 Å². The fourth-order valence-electron chi connectivity index (χ4n) is 3.81. The number of hydrogen-bond donors (Lipinski definition) is 0. The molecule has 3 rings (SSSR count). The van der Waals surface area contributed by atoms with E-state index in [1.165, 1.54) is 44.9 Å². The second-order valence-corrected chi connectivity index (χ2v) is 6.74. The minimum Gasteiger partial charge on any atom is -0.339 e. The molecule has 0 radical (unpaired) electrons. The van der Waals surface area contributed by atoms with E-state index < -0.39 is 0 Å². The fourth-order valence-corrected chi connectivity index (χ4v) is 4.19. The molecule has 3 heteroatoms. The lowest BCUT2D eigenvalue weighted by atomic mass is 9.91. The first-order valence-corrected chi connectivity index (χ1v) is 8.31. The molecule has 17 heavy (non-hydrogen) atoms. The first-order chi connectivity index (χ1) is 8.33. The normalized spacial score (nSPS) is 35.9. The molecule has 2 atom stereocenters. The van der Waals surface area contributed by atoms with Gasteiger partial charge in [-0.3, -0.25) is 4.79 Å². The van der Waals surface area contributed by atoms with E-state index in [9.17, 15) is 4.79 Å². The van der Waals surface area contributed by atoms with Crippen LogP contribution < -0.4 is 0 Å². The predicted octanol–water partition coefficient (Wildman–Crippen LogP) is 3.20. The van der Waals surface area contributed by atoms with Gasteiger partial charge in [-0.1, -0.05) is 28.8 Å². The van der Waals surface area contributed by atoms with Crippen LogP contribution >= 0.6 is 15.9 Å². The molecule has 0 saturated heterocycles. The summed E-state index contributed by atoms with van der Waals surface area (Å²) in [6.07, 6.45) is 9.12. The molecule has 2 nitrogen and oxygen atoms in total. The zero-order valence-corrected chi connectivity index (χ0v) is 12.0. The van der Waals surface area contributed by atoms with Gasteiger partial charge in [0, 0.05) is 23.8 Å². The summed E-state index contributed by atoms with van der Waals surface area (Å²) in [5, 5.41) is 0.928. The number of fused-ring (bicyclic) bond motifs is 1. The van der Waals surface area contributed by atoms with Crippen LogP contribution in [0.4, 0.5) is 0 Å². The average molecular weight is 300 g/mol. The van der Waals surface area contributed by atoms with E-state index in [2.05, 4.69) is 20.8 Å². The van der Waals surface area contributed by atoms with Crippen molar-refractivity contribution in [3.63, 3.8) is 0 Å². The third-order valence-corrected chi connectivity index (χ3v) is 5.42. The van der Waals surface area contributed by atoms with Crippen LogP contribution in [0.2, 0.25) is 0 Å². The van der Waals surface area contributed by atoms with E-state index >= 15 is 0 Å². The zero-order valence-electron chi connectivity index (χ0n) is 10.4. The third kappa shape index (κ3) is 2.16. The van der Waals surface area contributed by atoms with Crippen LogP contribution in [0.5, 0.6) is 0 Å². The molecule has 0 aromatic carbocycles. The smallest absolute Gasteiger partial charge is 0.226 e. The van der Waals surface area contributed by atoms with E-state index in [1.807, 2.05) is 0 Å². The predicted molar refractivity (Wildman–Crippen MR) is 72.1 cm³/mol. The Hall–Kier alpha value is -0.0500. The highest BCUT2D eigenvalue weighted by atomic mass is 79.9. The van der Waals surface area contributed by atoms with Gasteiger partial charge in [-0.15, -0.1) is 0 Å². The van der Waals surface area contributed by atoms with Gasteiger partial charge in [0.25, 0.3) is 0 Å². The van der Waals surface area contributed by atoms with E-state index in [4.69, 9.17) is 0 Å². The first-order valence-electron chi connectivity index (χ1n) is 7.19. The number of carbonyl (C=O) groups excluding carboxylic acids is 1. The molecule has 0 spiro atoms. The molecule has 0 aromatic rings. The molecular weight excluding hydrogens is 278 g/mol.